The maximum absolute atomic E-state index is 13.2. The van der Waals surface area contributed by atoms with Crippen LogP contribution in [0, 0.1) is 15.9 Å². The zero-order valence-corrected chi connectivity index (χ0v) is 13.5. The van der Waals surface area contributed by atoms with E-state index in [1.165, 1.54) is 6.92 Å². The van der Waals surface area contributed by atoms with E-state index in [0.717, 1.165) is 22.7 Å². The molecule has 2 aromatic carbocycles. The van der Waals surface area contributed by atoms with Crippen molar-refractivity contribution in [1.29, 1.82) is 0 Å². The molecule has 0 saturated heterocycles. The quantitative estimate of drug-likeness (QED) is 0.627. The standard InChI is InChI=1S/C15H12BrFN2O4/c1-9(15(20)18-12-5-2-10(16)3-6-12)23-14-8-11(17)4-7-13(14)19(21)22/h2-9H,1H3,(H,18,20)/t9-/m0/s1. The number of hydrogen-bond acceptors (Lipinski definition) is 4. The molecule has 0 fully saturated rings. The van der Waals surface area contributed by atoms with Crippen LogP contribution in [0.2, 0.25) is 0 Å². The lowest BCUT2D eigenvalue weighted by Crippen LogP contribution is -2.30. The van der Waals surface area contributed by atoms with Crippen molar-refractivity contribution in [1.82, 2.24) is 0 Å². The maximum atomic E-state index is 13.2. The first kappa shape index (κ1) is 16.9. The molecule has 0 aromatic heterocycles. The number of nitro groups is 1. The molecule has 6 nitrogen and oxygen atoms in total. The van der Waals surface area contributed by atoms with Crippen LogP contribution in [0.5, 0.6) is 5.75 Å². The van der Waals surface area contributed by atoms with Crippen molar-refractivity contribution in [2.24, 2.45) is 0 Å². The average Bonchev–Trinajstić information content (AvgIpc) is 2.49. The molecule has 0 aliphatic carbocycles. The van der Waals surface area contributed by atoms with Gasteiger partial charge in [0.1, 0.15) is 5.82 Å². The summed E-state index contributed by atoms with van der Waals surface area (Å²) >= 11 is 3.28. The highest BCUT2D eigenvalue weighted by Crippen LogP contribution is 2.28. The summed E-state index contributed by atoms with van der Waals surface area (Å²) in [5.41, 5.74) is 0.136. The molecule has 1 atom stereocenters. The Morgan fingerprint density at radius 3 is 2.57 bits per heavy atom. The van der Waals surface area contributed by atoms with E-state index in [1.54, 1.807) is 24.3 Å². The molecule has 0 saturated carbocycles. The predicted molar refractivity (Wildman–Crippen MR) is 85.9 cm³/mol. The molecular weight excluding hydrogens is 371 g/mol. The van der Waals surface area contributed by atoms with Crippen LogP contribution in [0.25, 0.3) is 0 Å². The summed E-state index contributed by atoms with van der Waals surface area (Å²) in [7, 11) is 0. The van der Waals surface area contributed by atoms with Gasteiger partial charge >= 0.3 is 5.69 Å². The van der Waals surface area contributed by atoms with Crippen molar-refractivity contribution in [2.75, 3.05) is 5.32 Å². The van der Waals surface area contributed by atoms with Crippen LogP contribution in [0.3, 0.4) is 0 Å². The summed E-state index contributed by atoms with van der Waals surface area (Å²) in [5, 5.41) is 13.5. The topological polar surface area (TPSA) is 81.5 Å². The zero-order valence-electron chi connectivity index (χ0n) is 12.0. The number of nitrogens with one attached hydrogen (secondary N) is 1. The smallest absolute Gasteiger partial charge is 0.311 e. The first-order valence-corrected chi connectivity index (χ1v) is 7.33. The fraction of sp³-hybridized carbons (Fsp3) is 0.133. The van der Waals surface area contributed by atoms with Crippen LogP contribution < -0.4 is 10.1 Å². The lowest BCUT2D eigenvalue weighted by Gasteiger charge is -2.14. The van der Waals surface area contributed by atoms with Crippen LogP contribution in [0.1, 0.15) is 6.92 Å². The van der Waals surface area contributed by atoms with Gasteiger partial charge in [0.2, 0.25) is 5.75 Å². The van der Waals surface area contributed by atoms with Crippen molar-refractivity contribution in [2.45, 2.75) is 13.0 Å². The molecule has 23 heavy (non-hydrogen) atoms. The van der Waals surface area contributed by atoms with Crippen LogP contribution in [-0.4, -0.2) is 16.9 Å². The molecule has 0 bridgehead atoms. The van der Waals surface area contributed by atoms with Gasteiger partial charge in [-0.15, -0.1) is 0 Å². The molecule has 120 valence electrons. The molecule has 0 aliphatic rings. The Balaban J connectivity index is 2.10. The molecule has 0 radical (unpaired) electrons. The highest BCUT2D eigenvalue weighted by atomic mass is 79.9. The summed E-state index contributed by atoms with van der Waals surface area (Å²) in [6.45, 7) is 1.42. The Hall–Kier alpha value is -2.48. The third kappa shape index (κ3) is 4.49. The van der Waals surface area contributed by atoms with Gasteiger partial charge in [0, 0.05) is 22.3 Å². The number of nitrogens with zero attached hydrogens (tertiary/aromatic N) is 1. The SMILES string of the molecule is C[C@H](Oc1cc(F)ccc1[N+](=O)[O-])C(=O)Nc1ccc(Br)cc1. The van der Waals surface area contributed by atoms with Crippen LogP contribution in [0.15, 0.2) is 46.9 Å². The highest BCUT2D eigenvalue weighted by Gasteiger charge is 2.22. The molecule has 2 rings (SSSR count). The minimum absolute atomic E-state index is 0.298. The van der Waals surface area contributed by atoms with Crippen LogP contribution in [0.4, 0.5) is 15.8 Å². The van der Waals surface area contributed by atoms with E-state index < -0.39 is 28.4 Å². The van der Waals surface area contributed by atoms with Gasteiger partial charge in [-0.3, -0.25) is 14.9 Å². The molecular formula is C15H12BrFN2O4. The van der Waals surface area contributed by atoms with E-state index in [4.69, 9.17) is 4.74 Å². The number of rotatable bonds is 5. The van der Waals surface area contributed by atoms with E-state index in [9.17, 15) is 19.3 Å². The molecule has 1 amide bonds. The number of halogens is 2. The van der Waals surface area contributed by atoms with Gasteiger partial charge in [-0.1, -0.05) is 15.9 Å². The molecule has 2 aromatic rings. The molecule has 0 heterocycles. The van der Waals surface area contributed by atoms with Crippen molar-refractivity contribution < 1.29 is 18.8 Å². The molecule has 8 heteroatoms. The monoisotopic (exact) mass is 382 g/mol. The largest absolute Gasteiger partial charge is 0.474 e. The fourth-order valence-corrected chi connectivity index (χ4v) is 2.02. The lowest BCUT2D eigenvalue weighted by atomic mass is 10.2. The number of anilines is 1. The van der Waals surface area contributed by atoms with E-state index in [1.807, 2.05) is 0 Å². The van der Waals surface area contributed by atoms with E-state index in [0.29, 0.717) is 5.69 Å². The Labute approximate surface area is 139 Å². The fourth-order valence-electron chi connectivity index (χ4n) is 1.75. The zero-order chi connectivity index (χ0) is 17.0. The van der Waals surface area contributed by atoms with Gasteiger partial charge in [0.05, 0.1) is 4.92 Å². The summed E-state index contributed by atoms with van der Waals surface area (Å²) in [6.07, 6.45) is -1.04. The van der Waals surface area contributed by atoms with Crippen molar-refractivity contribution in [3.05, 3.63) is 62.9 Å². The number of amides is 1. The van der Waals surface area contributed by atoms with Gasteiger partial charge in [-0.2, -0.15) is 0 Å². The third-order valence-electron chi connectivity index (χ3n) is 2.90. The van der Waals surface area contributed by atoms with E-state index in [2.05, 4.69) is 21.2 Å². The molecule has 0 spiro atoms. The molecule has 1 N–H and O–H groups in total. The second kappa shape index (κ2) is 7.19. The Kier molecular flexibility index (Phi) is 5.28. The summed E-state index contributed by atoms with van der Waals surface area (Å²) in [6, 6.07) is 9.68. The lowest BCUT2D eigenvalue weighted by molar-refractivity contribution is -0.386. The number of nitro benzene ring substituents is 1. The van der Waals surface area contributed by atoms with Gasteiger partial charge in [-0.25, -0.2) is 4.39 Å². The minimum Gasteiger partial charge on any atom is -0.474 e. The van der Waals surface area contributed by atoms with Gasteiger partial charge in [0.25, 0.3) is 5.91 Å². The summed E-state index contributed by atoms with van der Waals surface area (Å²) < 4.78 is 19.3. The average molecular weight is 383 g/mol. The maximum Gasteiger partial charge on any atom is 0.311 e. The first-order chi connectivity index (χ1) is 10.9. The Bertz CT molecular complexity index is 737. The van der Waals surface area contributed by atoms with E-state index >= 15 is 0 Å². The second-order valence-electron chi connectivity index (χ2n) is 4.63. The summed E-state index contributed by atoms with van der Waals surface area (Å²) in [4.78, 5) is 22.3. The Morgan fingerprint density at radius 1 is 1.30 bits per heavy atom. The van der Waals surface area contributed by atoms with Crippen LogP contribution in [-0.2, 0) is 4.79 Å². The van der Waals surface area contributed by atoms with Gasteiger partial charge in [-0.05, 0) is 37.3 Å². The molecule has 0 aliphatic heterocycles. The van der Waals surface area contributed by atoms with Crippen molar-refractivity contribution in [3.63, 3.8) is 0 Å². The Morgan fingerprint density at radius 2 is 1.96 bits per heavy atom. The normalized spacial score (nSPS) is 11.6. The third-order valence-corrected chi connectivity index (χ3v) is 3.43. The van der Waals surface area contributed by atoms with Crippen molar-refractivity contribution >= 4 is 33.2 Å². The minimum atomic E-state index is -1.04. The number of hydrogen-bond donors (Lipinski definition) is 1. The van der Waals surface area contributed by atoms with Crippen LogP contribution >= 0.6 is 15.9 Å². The van der Waals surface area contributed by atoms with Gasteiger partial charge < -0.3 is 10.1 Å². The van der Waals surface area contributed by atoms with E-state index in [-0.39, 0.29) is 5.75 Å². The predicted octanol–water partition coefficient (Wildman–Crippen LogP) is 3.90. The first-order valence-electron chi connectivity index (χ1n) is 6.54. The van der Waals surface area contributed by atoms with Crippen molar-refractivity contribution in [3.8, 4) is 5.75 Å². The number of carbonyl (C=O) groups is 1. The highest BCUT2D eigenvalue weighted by molar-refractivity contribution is 9.10. The van der Waals surface area contributed by atoms with Gasteiger partial charge in [0.15, 0.2) is 6.10 Å². The number of ether oxygens (including phenoxy) is 1. The number of carbonyl (C=O) groups excluding carboxylic acids is 1. The second-order valence-corrected chi connectivity index (χ2v) is 5.54. The molecule has 0 unspecified atom stereocenters. The number of benzene rings is 2. The summed E-state index contributed by atoms with van der Waals surface area (Å²) in [5.74, 6) is -1.49.